The Morgan fingerprint density at radius 3 is 2.63 bits per heavy atom. The number of nitrogen functional groups attached to an aromatic ring is 1. The van der Waals surface area contributed by atoms with Crippen molar-refractivity contribution >= 4 is 31.6 Å². The fraction of sp³-hybridized carbons (Fsp3) is 0.455. The van der Waals surface area contributed by atoms with Crippen LogP contribution >= 0.6 is 15.9 Å². The van der Waals surface area contributed by atoms with Crippen molar-refractivity contribution in [2.45, 2.75) is 18.2 Å². The minimum Gasteiger partial charge on any atom is -0.398 e. The van der Waals surface area contributed by atoms with E-state index in [9.17, 15) is 12.8 Å². The zero-order valence-electron chi connectivity index (χ0n) is 10.4. The molecule has 0 heterocycles. The number of sulfonamides is 1. The maximum absolute atomic E-state index is 13.8. The summed E-state index contributed by atoms with van der Waals surface area (Å²) in [6.07, 6.45) is 0.292. The van der Waals surface area contributed by atoms with E-state index in [2.05, 4.69) is 15.9 Å². The van der Waals surface area contributed by atoms with Gasteiger partial charge in [0.05, 0.1) is 0 Å². The van der Waals surface area contributed by atoms with E-state index in [1.165, 1.54) is 0 Å². The van der Waals surface area contributed by atoms with Crippen LogP contribution in [0, 0.1) is 5.82 Å². The predicted molar refractivity (Wildman–Crippen MR) is 74.6 cm³/mol. The number of nitrogens with two attached hydrogens (primary N) is 1. The van der Waals surface area contributed by atoms with Gasteiger partial charge in [0.1, 0.15) is 10.7 Å². The van der Waals surface area contributed by atoms with Gasteiger partial charge < -0.3 is 10.8 Å². The predicted octanol–water partition coefficient (Wildman–Crippen LogP) is 1.56. The molecule has 3 N–H and O–H groups in total. The molecular weight excluding hydrogens is 339 g/mol. The van der Waals surface area contributed by atoms with Crippen LogP contribution in [0.2, 0.25) is 0 Å². The summed E-state index contributed by atoms with van der Waals surface area (Å²) in [4.78, 5) is -0.451. The van der Waals surface area contributed by atoms with E-state index in [4.69, 9.17) is 10.8 Å². The van der Waals surface area contributed by atoms with E-state index < -0.39 is 20.7 Å². The van der Waals surface area contributed by atoms with Gasteiger partial charge in [-0.3, -0.25) is 0 Å². The molecule has 5 nitrogen and oxygen atoms in total. The van der Waals surface area contributed by atoms with Crippen molar-refractivity contribution in [1.82, 2.24) is 4.31 Å². The molecule has 0 aromatic heterocycles. The van der Waals surface area contributed by atoms with Crippen molar-refractivity contribution in [2.24, 2.45) is 0 Å². The quantitative estimate of drug-likeness (QED) is 0.759. The van der Waals surface area contributed by atoms with E-state index in [1.807, 2.05) is 0 Å². The van der Waals surface area contributed by atoms with Crippen LogP contribution < -0.4 is 5.73 Å². The molecule has 0 radical (unpaired) electrons. The highest BCUT2D eigenvalue weighted by atomic mass is 79.9. The number of anilines is 1. The second-order valence-corrected chi connectivity index (χ2v) is 6.64. The molecule has 0 fully saturated rings. The summed E-state index contributed by atoms with van der Waals surface area (Å²) in [6, 6.07) is 2.12. The average Bonchev–Trinajstić information content (AvgIpc) is 2.34. The van der Waals surface area contributed by atoms with Gasteiger partial charge in [-0.25, -0.2) is 12.8 Å². The smallest absolute Gasteiger partial charge is 0.246 e. The molecule has 108 valence electrons. The maximum atomic E-state index is 13.8. The van der Waals surface area contributed by atoms with E-state index in [0.29, 0.717) is 10.9 Å². The van der Waals surface area contributed by atoms with Crippen LogP contribution in [0.15, 0.2) is 21.5 Å². The number of aliphatic hydroxyl groups is 1. The fourth-order valence-electron chi connectivity index (χ4n) is 1.58. The van der Waals surface area contributed by atoms with E-state index in [0.717, 1.165) is 16.4 Å². The maximum Gasteiger partial charge on any atom is 0.246 e. The summed E-state index contributed by atoms with van der Waals surface area (Å²) in [5, 5.41) is 8.76. The molecule has 1 rings (SSSR count). The van der Waals surface area contributed by atoms with Gasteiger partial charge in [0.15, 0.2) is 0 Å². The van der Waals surface area contributed by atoms with Crippen LogP contribution in [0.4, 0.5) is 10.1 Å². The summed E-state index contributed by atoms with van der Waals surface area (Å²) < 4.78 is 39.8. The Labute approximate surface area is 120 Å². The van der Waals surface area contributed by atoms with Crippen LogP contribution in [0.1, 0.15) is 13.3 Å². The number of hydrogen-bond acceptors (Lipinski definition) is 4. The second-order valence-electron chi connectivity index (χ2n) is 3.88. The number of halogens is 2. The van der Waals surface area contributed by atoms with Crippen molar-refractivity contribution < 1.29 is 17.9 Å². The van der Waals surface area contributed by atoms with Gasteiger partial charge in [-0.05, 0) is 34.5 Å². The Balaban J connectivity index is 3.22. The Morgan fingerprint density at radius 1 is 1.47 bits per heavy atom. The molecule has 0 atom stereocenters. The minimum absolute atomic E-state index is 0.128. The lowest BCUT2D eigenvalue weighted by molar-refractivity contribution is 0.271. The highest BCUT2D eigenvalue weighted by Crippen LogP contribution is 2.28. The molecular formula is C11H16BrFN2O3S. The van der Waals surface area contributed by atoms with Crippen molar-refractivity contribution in [1.29, 1.82) is 0 Å². The third-order valence-corrected chi connectivity index (χ3v) is 5.26. The molecule has 0 aliphatic carbocycles. The minimum atomic E-state index is -3.95. The highest BCUT2D eigenvalue weighted by Gasteiger charge is 2.26. The van der Waals surface area contributed by atoms with E-state index in [-0.39, 0.29) is 25.4 Å². The largest absolute Gasteiger partial charge is 0.398 e. The fourth-order valence-corrected chi connectivity index (χ4v) is 3.46. The van der Waals surface area contributed by atoms with Crippen LogP contribution in [-0.4, -0.2) is 37.5 Å². The molecule has 0 saturated heterocycles. The lowest BCUT2D eigenvalue weighted by atomic mass is 10.3. The number of rotatable bonds is 6. The molecule has 8 heteroatoms. The van der Waals surface area contributed by atoms with E-state index >= 15 is 0 Å². The first-order valence-corrected chi connectivity index (χ1v) is 7.93. The molecule has 0 bridgehead atoms. The van der Waals surface area contributed by atoms with Crippen LogP contribution in [0.25, 0.3) is 0 Å². The molecule has 1 aromatic carbocycles. The Hall–Kier alpha value is -0.700. The third-order valence-electron chi connectivity index (χ3n) is 2.59. The molecule has 0 aliphatic rings. The molecule has 0 amide bonds. The summed E-state index contributed by atoms with van der Waals surface area (Å²) >= 11 is 3.04. The van der Waals surface area contributed by atoms with Gasteiger partial charge in [0.2, 0.25) is 10.0 Å². The van der Waals surface area contributed by atoms with Gasteiger partial charge in [-0.15, -0.1) is 0 Å². The number of nitrogens with zero attached hydrogens (tertiary/aromatic N) is 1. The van der Waals surface area contributed by atoms with Gasteiger partial charge in [0, 0.05) is 29.9 Å². The topological polar surface area (TPSA) is 83.6 Å². The normalized spacial score (nSPS) is 12.1. The Morgan fingerprint density at radius 2 is 2.11 bits per heavy atom. The standard InChI is InChI=1S/C11H16BrFN2O3S/c1-2-15(4-3-5-16)19(17,18)11-7-10(14)8(12)6-9(11)13/h6-7,16H,2-5,14H2,1H3. The summed E-state index contributed by atoms with van der Waals surface area (Å²) in [5.41, 5.74) is 5.74. The zero-order chi connectivity index (χ0) is 14.6. The lowest BCUT2D eigenvalue weighted by Gasteiger charge is -2.20. The molecule has 0 saturated carbocycles. The first-order valence-electron chi connectivity index (χ1n) is 5.70. The van der Waals surface area contributed by atoms with Crippen molar-refractivity contribution in [3.63, 3.8) is 0 Å². The van der Waals surface area contributed by atoms with Crippen LogP contribution in [0.5, 0.6) is 0 Å². The number of aliphatic hydroxyl groups excluding tert-OH is 1. The van der Waals surface area contributed by atoms with Crippen LogP contribution in [-0.2, 0) is 10.0 Å². The summed E-state index contributed by atoms with van der Waals surface area (Å²) in [7, 11) is -3.95. The van der Waals surface area contributed by atoms with Gasteiger partial charge >= 0.3 is 0 Å². The lowest BCUT2D eigenvalue weighted by Crippen LogP contribution is -2.33. The zero-order valence-corrected chi connectivity index (χ0v) is 12.8. The molecule has 0 unspecified atom stereocenters. The average molecular weight is 355 g/mol. The first-order chi connectivity index (χ1) is 8.84. The third kappa shape index (κ3) is 3.65. The van der Waals surface area contributed by atoms with Crippen molar-refractivity contribution in [2.75, 3.05) is 25.4 Å². The Kier molecular flexibility index (Phi) is 5.72. The molecule has 19 heavy (non-hydrogen) atoms. The Bertz CT molecular complexity index is 551. The molecule has 0 aliphatic heterocycles. The van der Waals surface area contributed by atoms with Crippen molar-refractivity contribution in [3.8, 4) is 0 Å². The first kappa shape index (κ1) is 16.4. The number of benzene rings is 1. The van der Waals surface area contributed by atoms with Gasteiger partial charge in [-0.1, -0.05) is 6.92 Å². The molecule has 1 aromatic rings. The van der Waals surface area contributed by atoms with E-state index in [1.54, 1.807) is 6.92 Å². The SMILES string of the molecule is CCN(CCCO)S(=O)(=O)c1cc(N)c(Br)cc1F. The summed E-state index contributed by atoms with van der Waals surface area (Å²) in [5.74, 6) is -0.858. The summed E-state index contributed by atoms with van der Waals surface area (Å²) in [6.45, 7) is 1.84. The molecule has 0 spiro atoms. The van der Waals surface area contributed by atoms with Crippen LogP contribution in [0.3, 0.4) is 0 Å². The van der Waals surface area contributed by atoms with Crippen molar-refractivity contribution in [3.05, 3.63) is 22.4 Å². The number of hydrogen-bond donors (Lipinski definition) is 2. The monoisotopic (exact) mass is 354 g/mol. The highest BCUT2D eigenvalue weighted by molar-refractivity contribution is 9.10. The van der Waals surface area contributed by atoms with Gasteiger partial charge in [-0.2, -0.15) is 4.31 Å². The van der Waals surface area contributed by atoms with Gasteiger partial charge in [0.25, 0.3) is 0 Å². The second kappa shape index (κ2) is 6.65.